The molecule has 1 unspecified atom stereocenters. The number of ether oxygens (including phenoxy) is 1. The Labute approximate surface area is 194 Å². The van der Waals surface area contributed by atoms with Gasteiger partial charge in [0.1, 0.15) is 6.61 Å². The number of rotatable bonds is 10. The summed E-state index contributed by atoms with van der Waals surface area (Å²) in [6.07, 6.45) is -0.300. The van der Waals surface area contributed by atoms with E-state index in [1.807, 2.05) is 31.2 Å². The molecule has 1 aliphatic rings. The minimum absolute atomic E-state index is 0.000470. The van der Waals surface area contributed by atoms with Crippen molar-refractivity contribution in [2.24, 2.45) is 11.3 Å². The minimum Gasteiger partial charge on any atom is -0.481 e. The van der Waals surface area contributed by atoms with Gasteiger partial charge in [-0.1, -0.05) is 69.3 Å². The summed E-state index contributed by atoms with van der Waals surface area (Å²) in [6.45, 7) is 6.29. The first kappa shape index (κ1) is 24.3. The van der Waals surface area contributed by atoms with E-state index in [1.54, 1.807) is 13.8 Å². The van der Waals surface area contributed by atoms with Crippen molar-refractivity contribution in [1.29, 1.82) is 0 Å². The Bertz CT molecular complexity index is 972. The van der Waals surface area contributed by atoms with Crippen LogP contribution < -0.4 is 10.6 Å². The van der Waals surface area contributed by atoms with Crippen LogP contribution >= 0.6 is 0 Å². The molecule has 176 valence electrons. The molecular formula is C26H32N2O5. The predicted molar refractivity (Wildman–Crippen MR) is 126 cm³/mol. The van der Waals surface area contributed by atoms with Gasteiger partial charge >= 0.3 is 12.1 Å². The zero-order valence-electron chi connectivity index (χ0n) is 19.4. The zero-order chi connectivity index (χ0) is 24.0. The molecule has 0 radical (unpaired) electrons. The largest absolute Gasteiger partial charge is 0.481 e. The molecule has 2 amide bonds. The van der Waals surface area contributed by atoms with Crippen LogP contribution in [0.4, 0.5) is 4.79 Å². The lowest BCUT2D eigenvalue weighted by atomic mass is 9.89. The number of carbonyl (C=O) groups is 3. The van der Waals surface area contributed by atoms with Crippen molar-refractivity contribution in [3.63, 3.8) is 0 Å². The molecule has 0 spiro atoms. The van der Waals surface area contributed by atoms with Gasteiger partial charge in [-0.05, 0) is 33.6 Å². The first-order valence-corrected chi connectivity index (χ1v) is 11.2. The van der Waals surface area contributed by atoms with Gasteiger partial charge in [-0.3, -0.25) is 9.59 Å². The van der Waals surface area contributed by atoms with E-state index in [0.29, 0.717) is 6.54 Å². The van der Waals surface area contributed by atoms with E-state index >= 15 is 0 Å². The summed E-state index contributed by atoms with van der Waals surface area (Å²) < 4.78 is 5.52. The highest BCUT2D eigenvalue weighted by molar-refractivity contribution is 5.79. The molecule has 0 aliphatic heterocycles. The Hall–Kier alpha value is -3.35. The van der Waals surface area contributed by atoms with Gasteiger partial charge < -0.3 is 20.5 Å². The molecule has 1 aliphatic carbocycles. The van der Waals surface area contributed by atoms with E-state index in [0.717, 1.165) is 11.1 Å². The van der Waals surface area contributed by atoms with E-state index in [-0.39, 0.29) is 43.7 Å². The number of carboxylic acid groups (broad SMARTS) is 1. The quantitative estimate of drug-likeness (QED) is 0.502. The van der Waals surface area contributed by atoms with Crippen LogP contribution in [0.3, 0.4) is 0 Å². The third-order valence-electron chi connectivity index (χ3n) is 5.87. The van der Waals surface area contributed by atoms with E-state index in [1.165, 1.54) is 11.1 Å². The predicted octanol–water partition coefficient (Wildman–Crippen LogP) is 4.17. The number of nitrogens with one attached hydrogen (secondary N) is 2. The van der Waals surface area contributed by atoms with Gasteiger partial charge in [0.25, 0.3) is 0 Å². The molecule has 0 fully saturated rings. The Morgan fingerprint density at radius 1 is 1.00 bits per heavy atom. The molecule has 0 bridgehead atoms. The van der Waals surface area contributed by atoms with Crippen molar-refractivity contribution >= 4 is 18.0 Å². The Morgan fingerprint density at radius 2 is 1.58 bits per heavy atom. The maximum Gasteiger partial charge on any atom is 0.407 e. The monoisotopic (exact) mass is 452 g/mol. The lowest BCUT2D eigenvalue weighted by molar-refractivity contribution is -0.139. The summed E-state index contributed by atoms with van der Waals surface area (Å²) in [7, 11) is 0. The number of carbonyl (C=O) groups excluding carboxylic acids is 2. The molecule has 2 aromatic rings. The van der Waals surface area contributed by atoms with Crippen molar-refractivity contribution in [2.75, 3.05) is 19.7 Å². The number of hydrogen-bond donors (Lipinski definition) is 3. The number of carboxylic acids is 1. The fourth-order valence-corrected chi connectivity index (χ4v) is 4.18. The zero-order valence-corrected chi connectivity index (χ0v) is 19.4. The van der Waals surface area contributed by atoms with Crippen molar-refractivity contribution in [3.05, 3.63) is 59.7 Å². The Kier molecular flexibility index (Phi) is 7.74. The molecule has 7 nitrogen and oxygen atoms in total. The topological polar surface area (TPSA) is 105 Å². The summed E-state index contributed by atoms with van der Waals surface area (Å²) in [5, 5.41) is 14.4. The number of benzene rings is 2. The third-order valence-corrected chi connectivity index (χ3v) is 5.87. The highest BCUT2D eigenvalue weighted by atomic mass is 16.5. The number of fused-ring (bicyclic) bond motifs is 3. The highest BCUT2D eigenvalue weighted by Gasteiger charge is 2.29. The van der Waals surface area contributed by atoms with Gasteiger partial charge in [-0.25, -0.2) is 4.79 Å². The van der Waals surface area contributed by atoms with Gasteiger partial charge in [0.05, 0.1) is 6.42 Å². The normalized spacial score (nSPS) is 13.5. The second-order valence-corrected chi connectivity index (χ2v) is 9.53. The van der Waals surface area contributed by atoms with Crippen LogP contribution in [-0.2, 0) is 14.3 Å². The molecular weight excluding hydrogens is 420 g/mol. The summed E-state index contributed by atoms with van der Waals surface area (Å²) >= 11 is 0. The second-order valence-electron chi connectivity index (χ2n) is 9.53. The molecule has 3 rings (SSSR count). The highest BCUT2D eigenvalue weighted by Crippen LogP contribution is 2.44. The van der Waals surface area contributed by atoms with E-state index in [4.69, 9.17) is 9.84 Å². The number of amides is 2. The lowest BCUT2D eigenvalue weighted by Gasteiger charge is -2.23. The van der Waals surface area contributed by atoms with Gasteiger partial charge in [0, 0.05) is 25.4 Å². The minimum atomic E-state index is -0.894. The molecule has 7 heteroatoms. The maximum atomic E-state index is 12.3. The molecule has 33 heavy (non-hydrogen) atoms. The molecule has 0 saturated carbocycles. The third kappa shape index (κ3) is 6.57. The summed E-state index contributed by atoms with van der Waals surface area (Å²) in [4.78, 5) is 35.3. The summed E-state index contributed by atoms with van der Waals surface area (Å²) in [6, 6.07) is 16.3. The number of alkyl carbamates (subject to hydrolysis) is 1. The first-order chi connectivity index (χ1) is 15.7. The van der Waals surface area contributed by atoms with Crippen LogP contribution in [-0.4, -0.2) is 42.8 Å². The van der Waals surface area contributed by atoms with Gasteiger partial charge in [0.15, 0.2) is 0 Å². The second kappa shape index (κ2) is 10.5. The standard InChI is InChI=1S/C26H32N2O5/c1-17(12-23(29)28-16-26(2,3)13-24(30)31)14-27-25(32)33-15-22-20-10-6-4-8-18(20)19-9-5-7-11-21(19)22/h4-11,17,22H,12-16H2,1-3H3,(H,27,32)(H,28,29)(H,30,31). The fraction of sp³-hybridized carbons (Fsp3) is 0.423. The molecule has 0 heterocycles. The van der Waals surface area contributed by atoms with E-state index in [2.05, 4.69) is 34.9 Å². The maximum absolute atomic E-state index is 12.3. The lowest BCUT2D eigenvalue weighted by Crippen LogP contribution is -2.37. The van der Waals surface area contributed by atoms with E-state index < -0.39 is 17.5 Å². The van der Waals surface area contributed by atoms with Crippen molar-refractivity contribution in [3.8, 4) is 11.1 Å². The SMILES string of the molecule is CC(CNC(=O)OCC1c2ccccc2-c2ccccc21)CC(=O)NCC(C)(C)CC(=O)O. The summed E-state index contributed by atoms with van der Waals surface area (Å²) in [5.74, 6) is -1.15. The van der Waals surface area contributed by atoms with Crippen molar-refractivity contribution < 1.29 is 24.2 Å². The average Bonchev–Trinajstić information content (AvgIpc) is 3.08. The molecule has 0 aromatic heterocycles. The van der Waals surface area contributed by atoms with Crippen LogP contribution in [0.15, 0.2) is 48.5 Å². The molecule has 0 saturated heterocycles. The smallest absolute Gasteiger partial charge is 0.407 e. The van der Waals surface area contributed by atoms with Crippen LogP contribution in [0.25, 0.3) is 11.1 Å². The summed E-state index contributed by atoms with van der Waals surface area (Å²) in [5.41, 5.74) is 4.14. The van der Waals surface area contributed by atoms with Gasteiger partial charge in [-0.2, -0.15) is 0 Å². The van der Waals surface area contributed by atoms with Crippen molar-refractivity contribution in [2.45, 2.75) is 39.5 Å². The van der Waals surface area contributed by atoms with Crippen LogP contribution in [0.2, 0.25) is 0 Å². The van der Waals surface area contributed by atoms with Crippen molar-refractivity contribution in [1.82, 2.24) is 10.6 Å². The molecule has 2 aromatic carbocycles. The number of hydrogen-bond acceptors (Lipinski definition) is 4. The Balaban J connectivity index is 1.43. The van der Waals surface area contributed by atoms with Crippen LogP contribution in [0.5, 0.6) is 0 Å². The van der Waals surface area contributed by atoms with Gasteiger partial charge in [0.2, 0.25) is 5.91 Å². The van der Waals surface area contributed by atoms with E-state index in [9.17, 15) is 14.4 Å². The first-order valence-electron chi connectivity index (χ1n) is 11.2. The fourth-order valence-electron chi connectivity index (χ4n) is 4.18. The molecule has 3 N–H and O–H groups in total. The average molecular weight is 453 g/mol. The van der Waals surface area contributed by atoms with Gasteiger partial charge in [-0.15, -0.1) is 0 Å². The van der Waals surface area contributed by atoms with Crippen LogP contribution in [0, 0.1) is 11.3 Å². The number of aliphatic carboxylic acids is 1. The Morgan fingerprint density at radius 3 is 2.15 bits per heavy atom. The van der Waals surface area contributed by atoms with Crippen LogP contribution in [0.1, 0.15) is 50.7 Å². The molecule has 1 atom stereocenters.